The van der Waals surface area contributed by atoms with Gasteiger partial charge in [-0.05, 0) is 62.1 Å². The van der Waals surface area contributed by atoms with Crippen molar-refractivity contribution in [3.63, 3.8) is 0 Å². The smallest absolute Gasteiger partial charge is 0.226 e. The second kappa shape index (κ2) is 8.19. The zero-order valence-corrected chi connectivity index (χ0v) is 19.1. The van der Waals surface area contributed by atoms with E-state index >= 15 is 0 Å². The number of fused-ring (bicyclic) bond motifs is 3. The van der Waals surface area contributed by atoms with Gasteiger partial charge in [0.2, 0.25) is 5.91 Å². The van der Waals surface area contributed by atoms with Crippen molar-refractivity contribution in [2.24, 2.45) is 17.8 Å². The highest BCUT2D eigenvalue weighted by molar-refractivity contribution is 7.15. The highest BCUT2D eigenvalue weighted by Gasteiger charge is 2.42. The Morgan fingerprint density at radius 3 is 2.87 bits per heavy atom. The lowest BCUT2D eigenvalue weighted by atomic mass is 9.84. The van der Waals surface area contributed by atoms with Crippen LogP contribution in [-0.4, -0.2) is 35.6 Å². The number of ether oxygens (including phenoxy) is 2. The van der Waals surface area contributed by atoms with Gasteiger partial charge in [0, 0.05) is 28.9 Å². The van der Waals surface area contributed by atoms with Gasteiger partial charge < -0.3 is 14.8 Å². The van der Waals surface area contributed by atoms with Crippen LogP contribution in [0.2, 0.25) is 0 Å². The molecule has 4 unspecified atom stereocenters. The molecule has 164 valence electrons. The maximum Gasteiger partial charge on any atom is 0.226 e. The minimum absolute atomic E-state index is 0.0872. The molecule has 5 rings (SSSR count). The van der Waals surface area contributed by atoms with Gasteiger partial charge in [-0.3, -0.25) is 9.20 Å². The number of carbonyl (C=O) groups excluding carboxylic acids is 1. The molecule has 2 aliphatic rings. The van der Waals surface area contributed by atoms with Crippen LogP contribution in [0.4, 0.5) is 0 Å². The molecule has 31 heavy (non-hydrogen) atoms. The first-order valence-corrected chi connectivity index (χ1v) is 11.9. The Balaban J connectivity index is 1.32. The Morgan fingerprint density at radius 2 is 2.16 bits per heavy atom. The van der Waals surface area contributed by atoms with Crippen molar-refractivity contribution in [2.75, 3.05) is 14.2 Å². The quantitative estimate of drug-likeness (QED) is 0.586. The number of carbonyl (C=O) groups is 1. The minimum Gasteiger partial charge on any atom is -0.497 e. The highest BCUT2D eigenvalue weighted by atomic mass is 32.1. The number of methoxy groups -OCH3 is 2. The average molecular weight is 440 g/mol. The number of rotatable bonds is 7. The summed E-state index contributed by atoms with van der Waals surface area (Å²) in [6, 6.07) is 5.92. The molecule has 2 bridgehead atoms. The van der Waals surface area contributed by atoms with Crippen LogP contribution in [0.25, 0.3) is 16.2 Å². The zero-order chi connectivity index (χ0) is 21.5. The molecule has 3 aromatic rings. The molecule has 7 heteroatoms. The molecule has 0 radical (unpaired) electrons. The van der Waals surface area contributed by atoms with Crippen LogP contribution in [0.3, 0.4) is 0 Å². The van der Waals surface area contributed by atoms with Crippen LogP contribution in [-0.2, 0) is 11.2 Å². The lowest BCUT2D eigenvalue weighted by molar-refractivity contribution is -0.121. The number of nitrogens with zero attached hydrogens (tertiary/aromatic N) is 2. The molecule has 2 aromatic heterocycles. The molecule has 0 spiro atoms. The van der Waals surface area contributed by atoms with Crippen LogP contribution in [0.5, 0.6) is 11.5 Å². The molecule has 2 aliphatic carbocycles. The molecule has 0 aliphatic heterocycles. The summed E-state index contributed by atoms with van der Waals surface area (Å²) in [7, 11) is 3.29. The van der Waals surface area contributed by atoms with Gasteiger partial charge in [-0.1, -0.05) is 6.42 Å². The van der Waals surface area contributed by atoms with E-state index in [1.165, 1.54) is 25.7 Å². The van der Waals surface area contributed by atoms with Gasteiger partial charge in [0.05, 0.1) is 26.3 Å². The summed E-state index contributed by atoms with van der Waals surface area (Å²) < 4.78 is 12.9. The van der Waals surface area contributed by atoms with Crippen LogP contribution < -0.4 is 14.8 Å². The molecule has 6 nitrogen and oxygen atoms in total. The molecule has 1 N–H and O–H groups in total. The third-order valence-corrected chi connectivity index (χ3v) is 8.02. The van der Waals surface area contributed by atoms with E-state index in [2.05, 4.69) is 12.2 Å². The molecule has 0 saturated heterocycles. The zero-order valence-electron chi connectivity index (χ0n) is 18.3. The Kier molecular flexibility index (Phi) is 5.38. The topological polar surface area (TPSA) is 64.9 Å². The number of hydrogen-bond donors (Lipinski definition) is 1. The van der Waals surface area contributed by atoms with Crippen LogP contribution in [0.1, 0.15) is 38.3 Å². The second-order valence-electron chi connectivity index (χ2n) is 8.94. The summed E-state index contributed by atoms with van der Waals surface area (Å²) in [5, 5.41) is 5.30. The fourth-order valence-electron chi connectivity index (χ4n) is 5.58. The predicted molar refractivity (Wildman–Crippen MR) is 122 cm³/mol. The van der Waals surface area contributed by atoms with E-state index in [0.717, 1.165) is 45.2 Å². The number of thiazole rings is 1. The van der Waals surface area contributed by atoms with Gasteiger partial charge in [-0.25, -0.2) is 4.98 Å². The molecular formula is C24H29N3O3S. The summed E-state index contributed by atoms with van der Waals surface area (Å²) in [5.74, 6) is 3.92. The van der Waals surface area contributed by atoms with Crippen molar-refractivity contribution in [1.29, 1.82) is 0 Å². The van der Waals surface area contributed by atoms with E-state index in [0.29, 0.717) is 12.3 Å². The van der Waals surface area contributed by atoms with Gasteiger partial charge in [-0.15, -0.1) is 11.3 Å². The van der Waals surface area contributed by atoms with Crippen molar-refractivity contribution in [2.45, 2.75) is 45.1 Å². The number of hydrogen-bond acceptors (Lipinski definition) is 5. The van der Waals surface area contributed by atoms with Gasteiger partial charge in [0.15, 0.2) is 4.96 Å². The maximum absolute atomic E-state index is 12.8. The van der Waals surface area contributed by atoms with Crippen LogP contribution in [0.15, 0.2) is 29.8 Å². The standard InChI is InChI=1S/C24H29N3O3S/c1-14(19-9-15-4-5-16(19)8-15)25-23(28)10-17-13-31-24-26-21(12-27(17)24)20-11-18(29-2)6-7-22(20)30-3/h6-7,11-16,19H,4-5,8-10H2,1-3H3,(H,25,28). The molecule has 2 fully saturated rings. The lowest BCUT2D eigenvalue weighted by Gasteiger charge is -2.28. The van der Waals surface area contributed by atoms with Crippen molar-refractivity contribution >= 4 is 22.2 Å². The summed E-state index contributed by atoms with van der Waals surface area (Å²) in [4.78, 5) is 18.4. The average Bonchev–Trinajstić information content (AvgIpc) is 3.55. The van der Waals surface area contributed by atoms with Gasteiger partial charge in [0.1, 0.15) is 11.5 Å². The number of benzene rings is 1. The normalized spacial score (nSPS) is 23.3. The van der Waals surface area contributed by atoms with Crippen LogP contribution >= 0.6 is 11.3 Å². The van der Waals surface area contributed by atoms with E-state index in [1.807, 2.05) is 34.2 Å². The first-order valence-electron chi connectivity index (χ1n) is 11.0. The first kappa shape index (κ1) is 20.4. The fourth-order valence-corrected chi connectivity index (χ4v) is 6.46. The summed E-state index contributed by atoms with van der Waals surface area (Å²) in [6.07, 6.45) is 7.70. The van der Waals surface area contributed by atoms with Gasteiger partial charge in [-0.2, -0.15) is 0 Å². The molecule has 1 aromatic carbocycles. The molecular weight excluding hydrogens is 410 g/mol. The summed E-state index contributed by atoms with van der Waals surface area (Å²) >= 11 is 1.55. The van der Waals surface area contributed by atoms with E-state index in [9.17, 15) is 4.79 Å². The van der Waals surface area contributed by atoms with Crippen molar-refractivity contribution in [3.8, 4) is 22.8 Å². The first-order chi connectivity index (χ1) is 15.1. The Bertz CT molecular complexity index is 1100. The number of imidazole rings is 1. The fraction of sp³-hybridized carbons (Fsp3) is 0.500. The molecule has 2 saturated carbocycles. The second-order valence-corrected chi connectivity index (χ2v) is 9.78. The van der Waals surface area contributed by atoms with E-state index < -0.39 is 0 Å². The van der Waals surface area contributed by atoms with Crippen molar-refractivity contribution in [1.82, 2.24) is 14.7 Å². The van der Waals surface area contributed by atoms with E-state index in [4.69, 9.17) is 14.5 Å². The summed E-state index contributed by atoms with van der Waals surface area (Å²) in [5.41, 5.74) is 2.64. The molecule has 1 amide bonds. The molecule has 2 heterocycles. The highest BCUT2D eigenvalue weighted by Crippen LogP contribution is 2.49. The minimum atomic E-state index is 0.0872. The maximum atomic E-state index is 12.8. The number of nitrogens with one attached hydrogen (secondary N) is 1. The lowest BCUT2D eigenvalue weighted by Crippen LogP contribution is -2.40. The third kappa shape index (κ3) is 3.80. The van der Waals surface area contributed by atoms with Gasteiger partial charge >= 0.3 is 0 Å². The van der Waals surface area contributed by atoms with Gasteiger partial charge in [0.25, 0.3) is 0 Å². The number of aromatic nitrogens is 2. The Morgan fingerprint density at radius 1 is 1.29 bits per heavy atom. The third-order valence-electron chi connectivity index (χ3n) is 7.13. The van der Waals surface area contributed by atoms with Crippen LogP contribution in [0, 0.1) is 17.8 Å². The van der Waals surface area contributed by atoms with E-state index in [1.54, 1.807) is 25.6 Å². The van der Waals surface area contributed by atoms with Crippen molar-refractivity contribution in [3.05, 3.63) is 35.5 Å². The molecule has 4 atom stereocenters. The van der Waals surface area contributed by atoms with Crippen molar-refractivity contribution < 1.29 is 14.3 Å². The van der Waals surface area contributed by atoms with E-state index in [-0.39, 0.29) is 11.9 Å². The predicted octanol–water partition coefficient (Wildman–Crippen LogP) is 4.56. The Labute approximate surface area is 186 Å². The summed E-state index contributed by atoms with van der Waals surface area (Å²) in [6.45, 7) is 2.18. The largest absolute Gasteiger partial charge is 0.497 e. The monoisotopic (exact) mass is 439 g/mol. The SMILES string of the molecule is COc1ccc(OC)c(-c2cn3c(CC(=O)NC(C)C4CC5CCC4C5)csc3n2)c1. The number of amides is 1. The Hall–Kier alpha value is -2.54.